The summed E-state index contributed by atoms with van der Waals surface area (Å²) < 4.78 is 17.9. The zero-order valence-corrected chi connectivity index (χ0v) is 16.6. The molecule has 1 aromatic rings. The van der Waals surface area contributed by atoms with Crippen LogP contribution in [0.1, 0.15) is 37.9 Å². The molecule has 2 radical (unpaired) electrons. The van der Waals surface area contributed by atoms with Crippen LogP contribution >= 0.6 is 0 Å². The van der Waals surface area contributed by atoms with Crippen LogP contribution in [-0.4, -0.2) is 71.5 Å². The summed E-state index contributed by atoms with van der Waals surface area (Å²) in [4.78, 5) is 13.3. The lowest BCUT2D eigenvalue weighted by Crippen LogP contribution is -2.52. The summed E-state index contributed by atoms with van der Waals surface area (Å²) >= 11 is 2.12. The molecule has 2 aliphatic rings. The molecule has 0 spiro atoms. The first-order chi connectivity index (χ1) is 12.7. The maximum absolute atomic E-state index is 10.8. The molecule has 2 heterocycles. The minimum absolute atomic E-state index is 0.0554. The summed E-state index contributed by atoms with van der Waals surface area (Å²) in [5.74, 6) is 1.75. The van der Waals surface area contributed by atoms with E-state index in [1.54, 1.807) is 0 Å². The number of unbranched alkanes of at least 4 members (excludes halogenated alkanes) is 1. The Morgan fingerprint density at radius 2 is 2.31 bits per heavy atom. The van der Waals surface area contributed by atoms with Gasteiger partial charge in [0.1, 0.15) is 24.2 Å². The Morgan fingerprint density at radius 3 is 3.12 bits per heavy atom. The van der Waals surface area contributed by atoms with E-state index in [1.165, 1.54) is 0 Å². The fourth-order valence-corrected chi connectivity index (χ4v) is 3.74. The van der Waals surface area contributed by atoms with E-state index in [9.17, 15) is 4.79 Å². The summed E-state index contributed by atoms with van der Waals surface area (Å²) in [5.41, 5.74) is 1.09. The third-order valence-electron chi connectivity index (χ3n) is 4.84. The Bertz CT molecular complexity index is 611. The number of rotatable bonds is 8. The number of nitrogens with zero attached hydrogens (tertiary/aromatic N) is 1. The average molecular weight is 374 g/mol. The Hall–Kier alpha value is -1.26. The summed E-state index contributed by atoms with van der Waals surface area (Å²) in [6.07, 6.45) is 2.98. The van der Waals surface area contributed by atoms with Gasteiger partial charge in [-0.05, 0) is 44.0 Å². The summed E-state index contributed by atoms with van der Waals surface area (Å²) in [6.45, 7) is 6.99. The molecule has 3 rings (SSSR count). The SMILES string of the molecule is CCCN1CCO[C@@H]2c3cc(OCCCCN[C](=O)[Al])ccc3OC[C@H]21. The van der Waals surface area contributed by atoms with E-state index in [0.717, 1.165) is 56.0 Å². The second-order valence-electron chi connectivity index (χ2n) is 6.75. The molecule has 1 saturated heterocycles. The van der Waals surface area contributed by atoms with Crippen LogP contribution in [0.5, 0.6) is 11.5 Å². The van der Waals surface area contributed by atoms with Crippen molar-refractivity contribution in [3.05, 3.63) is 23.8 Å². The largest absolute Gasteiger partial charge is 0.494 e. The number of carbonyl (C=O) groups is 1. The van der Waals surface area contributed by atoms with Gasteiger partial charge >= 0.3 is 0 Å². The highest BCUT2D eigenvalue weighted by atomic mass is 27.0. The van der Waals surface area contributed by atoms with Crippen molar-refractivity contribution in [3.8, 4) is 11.5 Å². The molecular formula is C19H27AlN2O4. The van der Waals surface area contributed by atoms with Gasteiger partial charge in [-0.25, -0.2) is 0 Å². The molecule has 2 atom stereocenters. The highest BCUT2D eigenvalue weighted by Crippen LogP contribution is 2.40. The third kappa shape index (κ3) is 4.92. The van der Waals surface area contributed by atoms with Gasteiger partial charge in [0.05, 0.1) is 24.0 Å². The lowest BCUT2D eigenvalue weighted by Gasteiger charge is -2.44. The van der Waals surface area contributed by atoms with Crippen molar-refractivity contribution in [1.29, 1.82) is 0 Å². The monoisotopic (exact) mass is 374 g/mol. The van der Waals surface area contributed by atoms with Crippen molar-refractivity contribution in [1.82, 2.24) is 10.2 Å². The zero-order valence-electron chi connectivity index (χ0n) is 15.4. The van der Waals surface area contributed by atoms with Crippen LogP contribution in [0, 0.1) is 0 Å². The van der Waals surface area contributed by atoms with Crippen LogP contribution in [0.15, 0.2) is 18.2 Å². The standard InChI is InChI=1S/C19H27N2O4.Al/c1-2-8-21-9-11-24-19-16-12-15(23-10-4-3-7-20-14-22)5-6-18(16)25-13-17(19)21;/h5-6,12,17,19H,2-4,7-11,13H2,1H3,(H,20,22);/t17-,19-;/m1./s1. The predicted octanol–water partition coefficient (Wildman–Crippen LogP) is 2.27. The smallest absolute Gasteiger partial charge is 0.281 e. The second-order valence-corrected chi connectivity index (χ2v) is 7.28. The van der Waals surface area contributed by atoms with Crippen LogP contribution in [0.2, 0.25) is 0 Å². The van der Waals surface area contributed by atoms with Crippen molar-refractivity contribution in [2.75, 3.05) is 39.5 Å². The van der Waals surface area contributed by atoms with Gasteiger partial charge in [-0.2, -0.15) is 0 Å². The van der Waals surface area contributed by atoms with Crippen LogP contribution < -0.4 is 14.8 Å². The number of fused-ring (bicyclic) bond motifs is 3. The Morgan fingerprint density at radius 1 is 1.42 bits per heavy atom. The first-order valence-corrected chi connectivity index (χ1v) is 10.0. The van der Waals surface area contributed by atoms with E-state index in [1.807, 2.05) is 12.1 Å². The van der Waals surface area contributed by atoms with E-state index in [4.69, 9.17) is 14.2 Å². The Balaban J connectivity index is 1.57. The molecule has 7 heteroatoms. The summed E-state index contributed by atoms with van der Waals surface area (Å²) in [5, 5.41) is 2.76. The highest BCUT2D eigenvalue weighted by molar-refractivity contribution is 6.57. The molecule has 1 amide bonds. The summed E-state index contributed by atoms with van der Waals surface area (Å²) in [6, 6.07) is 6.28. The number of hydrogen-bond donors (Lipinski definition) is 1. The molecule has 1 fully saturated rings. The van der Waals surface area contributed by atoms with Gasteiger partial charge in [0, 0.05) is 18.7 Å². The molecule has 0 aromatic heterocycles. The van der Waals surface area contributed by atoms with Gasteiger partial charge < -0.3 is 24.3 Å². The number of carbonyl (C=O) groups excluding carboxylic acids is 1. The van der Waals surface area contributed by atoms with Crippen molar-refractivity contribution in [3.63, 3.8) is 0 Å². The summed E-state index contributed by atoms with van der Waals surface area (Å²) in [7, 11) is 0. The Labute approximate surface area is 163 Å². The first kappa shape index (κ1) is 19.5. The topological polar surface area (TPSA) is 60.0 Å². The maximum Gasteiger partial charge on any atom is 0.281 e. The van der Waals surface area contributed by atoms with Crippen LogP contribution in [0.3, 0.4) is 0 Å². The molecule has 6 nitrogen and oxygen atoms in total. The minimum Gasteiger partial charge on any atom is -0.494 e. The minimum atomic E-state index is -0.0697. The number of benzene rings is 1. The van der Waals surface area contributed by atoms with Gasteiger partial charge in [-0.1, -0.05) is 6.92 Å². The number of hydrogen-bond acceptors (Lipinski definition) is 5. The van der Waals surface area contributed by atoms with E-state index in [2.05, 4.69) is 39.5 Å². The normalized spacial score (nSPS) is 22.0. The first-order valence-electron chi connectivity index (χ1n) is 9.47. The quantitative estimate of drug-likeness (QED) is 0.559. The third-order valence-corrected chi connectivity index (χ3v) is 5.05. The van der Waals surface area contributed by atoms with E-state index < -0.39 is 0 Å². The molecule has 0 saturated carbocycles. The molecule has 1 aromatic carbocycles. The fourth-order valence-electron chi connectivity index (χ4n) is 3.59. The highest BCUT2D eigenvalue weighted by Gasteiger charge is 2.38. The van der Waals surface area contributed by atoms with Crippen LogP contribution in [-0.2, 0) is 4.74 Å². The number of nitrogens with one attached hydrogen (secondary N) is 1. The molecule has 26 heavy (non-hydrogen) atoms. The van der Waals surface area contributed by atoms with Crippen LogP contribution in [0.4, 0.5) is 4.79 Å². The number of ether oxygens (including phenoxy) is 3. The molecular weight excluding hydrogens is 347 g/mol. The van der Waals surface area contributed by atoms with Gasteiger partial charge in [0.2, 0.25) is 0 Å². The lowest BCUT2D eigenvalue weighted by molar-refractivity contribution is -0.0957. The molecule has 0 unspecified atom stereocenters. The average Bonchev–Trinajstić information content (AvgIpc) is 2.64. The van der Waals surface area contributed by atoms with Gasteiger partial charge in [0.15, 0.2) is 0 Å². The second kappa shape index (κ2) is 9.61. The predicted molar refractivity (Wildman–Crippen MR) is 100 cm³/mol. The van der Waals surface area contributed by atoms with Gasteiger partial charge in [-0.3, -0.25) is 4.90 Å². The number of morpholine rings is 1. The van der Waals surface area contributed by atoms with Crippen molar-refractivity contribution in [2.45, 2.75) is 38.3 Å². The van der Waals surface area contributed by atoms with E-state index >= 15 is 0 Å². The van der Waals surface area contributed by atoms with Crippen molar-refractivity contribution < 1.29 is 19.0 Å². The van der Waals surface area contributed by atoms with Crippen molar-refractivity contribution >= 4 is 21.1 Å². The van der Waals surface area contributed by atoms with E-state index in [-0.39, 0.29) is 16.9 Å². The Kier molecular flexibility index (Phi) is 7.21. The van der Waals surface area contributed by atoms with E-state index in [0.29, 0.717) is 19.8 Å². The molecule has 0 bridgehead atoms. The van der Waals surface area contributed by atoms with Crippen molar-refractivity contribution in [2.24, 2.45) is 0 Å². The molecule has 0 aliphatic carbocycles. The molecule has 2 aliphatic heterocycles. The zero-order chi connectivity index (χ0) is 18.4. The van der Waals surface area contributed by atoms with Gasteiger partial charge in [0.25, 0.3) is 16.3 Å². The van der Waals surface area contributed by atoms with Crippen LogP contribution in [0.25, 0.3) is 0 Å². The number of amides is 1. The molecule has 140 valence electrons. The molecule has 1 N–H and O–H groups in total. The lowest BCUT2D eigenvalue weighted by atomic mass is 9.96. The van der Waals surface area contributed by atoms with Gasteiger partial charge in [-0.15, -0.1) is 0 Å². The fraction of sp³-hybridized carbons (Fsp3) is 0.632. The maximum atomic E-state index is 10.8.